The van der Waals surface area contributed by atoms with Gasteiger partial charge in [0.1, 0.15) is 16.9 Å². The van der Waals surface area contributed by atoms with Gasteiger partial charge in [0.2, 0.25) is 0 Å². The lowest BCUT2D eigenvalue weighted by molar-refractivity contribution is 0.0545. The summed E-state index contributed by atoms with van der Waals surface area (Å²) in [5.74, 6) is 0.654. The second-order valence-corrected chi connectivity index (χ2v) is 7.02. The van der Waals surface area contributed by atoms with Crippen molar-refractivity contribution in [3.8, 4) is 11.4 Å². The number of nitrogens with zero attached hydrogens (tertiary/aromatic N) is 4. The van der Waals surface area contributed by atoms with Gasteiger partial charge in [0.15, 0.2) is 11.5 Å². The number of urea groups is 1. The van der Waals surface area contributed by atoms with Crippen LogP contribution in [0.1, 0.15) is 27.7 Å². The van der Waals surface area contributed by atoms with Crippen LogP contribution < -0.4 is 10.6 Å². The van der Waals surface area contributed by atoms with Gasteiger partial charge in [-0.05, 0) is 52.0 Å². The standard InChI is InChI=1S/C19H22N6O3/c1-5-21-17(26)24-14-9-8-13-16(23-14)25(18(27)28-19(2,3)4)15(22-13)12-7-6-10-20-11-12/h6-11H,5H2,1-4H3,(H2,21,23,24,26). The van der Waals surface area contributed by atoms with Gasteiger partial charge in [0.05, 0.1) is 0 Å². The normalized spacial score (nSPS) is 11.3. The van der Waals surface area contributed by atoms with Crippen molar-refractivity contribution < 1.29 is 14.3 Å². The topological polar surface area (TPSA) is 111 Å². The van der Waals surface area contributed by atoms with E-state index < -0.39 is 11.7 Å². The molecule has 0 aliphatic rings. The highest BCUT2D eigenvalue weighted by atomic mass is 16.6. The SMILES string of the molecule is CCNC(=O)Nc1ccc2nc(-c3cccnc3)n(C(=O)OC(C)(C)C)c2n1. The molecular formula is C19H22N6O3. The van der Waals surface area contributed by atoms with Crippen LogP contribution in [0.25, 0.3) is 22.6 Å². The molecule has 0 fully saturated rings. The molecule has 0 radical (unpaired) electrons. The van der Waals surface area contributed by atoms with Crippen LogP contribution in [0.4, 0.5) is 15.4 Å². The number of fused-ring (bicyclic) bond motifs is 1. The Morgan fingerprint density at radius 2 is 1.96 bits per heavy atom. The number of imidazole rings is 1. The second kappa shape index (κ2) is 7.63. The van der Waals surface area contributed by atoms with E-state index in [1.165, 1.54) is 4.57 Å². The molecule has 0 unspecified atom stereocenters. The molecule has 146 valence electrons. The average Bonchev–Trinajstić information content (AvgIpc) is 3.00. The number of aromatic nitrogens is 4. The van der Waals surface area contributed by atoms with E-state index in [2.05, 4.69) is 25.6 Å². The lowest BCUT2D eigenvalue weighted by Gasteiger charge is -2.20. The molecule has 9 heteroatoms. The third-order valence-electron chi connectivity index (χ3n) is 3.58. The second-order valence-electron chi connectivity index (χ2n) is 7.02. The molecule has 9 nitrogen and oxygen atoms in total. The van der Waals surface area contributed by atoms with Crippen molar-refractivity contribution in [2.24, 2.45) is 0 Å². The number of pyridine rings is 2. The number of carbonyl (C=O) groups excluding carboxylic acids is 2. The minimum atomic E-state index is -0.698. The van der Waals surface area contributed by atoms with Crippen molar-refractivity contribution in [1.82, 2.24) is 24.8 Å². The molecule has 3 aromatic rings. The first kappa shape index (κ1) is 19.3. The summed E-state index contributed by atoms with van der Waals surface area (Å²) in [5, 5.41) is 5.26. The Hall–Kier alpha value is -3.49. The monoisotopic (exact) mass is 382 g/mol. The Balaban J connectivity index is 2.12. The largest absolute Gasteiger partial charge is 0.443 e. The van der Waals surface area contributed by atoms with Crippen LogP contribution in [0, 0.1) is 0 Å². The fraction of sp³-hybridized carbons (Fsp3) is 0.316. The highest BCUT2D eigenvalue weighted by Gasteiger charge is 2.25. The van der Waals surface area contributed by atoms with Crippen molar-refractivity contribution in [2.75, 3.05) is 11.9 Å². The van der Waals surface area contributed by atoms with Crippen LogP contribution in [0.2, 0.25) is 0 Å². The molecule has 3 aromatic heterocycles. The van der Waals surface area contributed by atoms with Crippen LogP contribution in [-0.4, -0.2) is 43.8 Å². The Labute approximate surface area is 162 Å². The highest BCUT2D eigenvalue weighted by Crippen LogP contribution is 2.25. The molecular weight excluding hydrogens is 360 g/mol. The van der Waals surface area contributed by atoms with Crippen LogP contribution in [0.5, 0.6) is 0 Å². The van der Waals surface area contributed by atoms with Gasteiger partial charge in [-0.2, -0.15) is 0 Å². The quantitative estimate of drug-likeness (QED) is 0.718. The van der Waals surface area contributed by atoms with Gasteiger partial charge in [-0.1, -0.05) is 0 Å². The molecule has 3 heterocycles. The van der Waals surface area contributed by atoms with Gasteiger partial charge < -0.3 is 10.1 Å². The Bertz CT molecular complexity index is 1010. The number of hydrogen-bond donors (Lipinski definition) is 2. The predicted octanol–water partition coefficient (Wildman–Crippen LogP) is 3.42. The first-order chi connectivity index (χ1) is 13.3. The molecule has 0 saturated carbocycles. The zero-order valence-corrected chi connectivity index (χ0v) is 16.2. The van der Waals surface area contributed by atoms with Crippen molar-refractivity contribution in [1.29, 1.82) is 0 Å². The first-order valence-electron chi connectivity index (χ1n) is 8.86. The molecule has 0 spiro atoms. The van der Waals surface area contributed by atoms with Gasteiger partial charge in [-0.25, -0.2) is 24.1 Å². The highest BCUT2D eigenvalue weighted by molar-refractivity contribution is 5.93. The zero-order valence-electron chi connectivity index (χ0n) is 16.2. The summed E-state index contributed by atoms with van der Waals surface area (Å²) in [6.45, 7) is 7.64. The lowest BCUT2D eigenvalue weighted by atomic mass is 10.2. The van der Waals surface area contributed by atoms with Crippen molar-refractivity contribution in [3.05, 3.63) is 36.7 Å². The maximum absolute atomic E-state index is 12.9. The number of nitrogens with one attached hydrogen (secondary N) is 2. The minimum absolute atomic E-state index is 0.280. The van der Waals surface area contributed by atoms with Crippen molar-refractivity contribution >= 4 is 29.1 Å². The lowest BCUT2D eigenvalue weighted by Crippen LogP contribution is -2.29. The summed E-state index contributed by atoms with van der Waals surface area (Å²) in [4.78, 5) is 37.7. The minimum Gasteiger partial charge on any atom is -0.443 e. The first-order valence-corrected chi connectivity index (χ1v) is 8.86. The van der Waals surface area contributed by atoms with E-state index in [9.17, 15) is 9.59 Å². The Kier molecular flexibility index (Phi) is 5.25. The van der Waals surface area contributed by atoms with Gasteiger partial charge in [0, 0.05) is 24.5 Å². The van der Waals surface area contributed by atoms with E-state index in [0.29, 0.717) is 29.3 Å². The van der Waals surface area contributed by atoms with E-state index >= 15 is 0 Å². The molecule has 0 aromatic carbocycles. The molecule has 0 atom stereocenters. The van der Waals surface area contributed by atoms with Crippen molar-refractivity contribution in [2.45, 2.75) is 33.3 Å². The average molecular weight is 382 g/mol. The zero-order chi connectivity index (χ0) is 20.3. The van der Waals surface area contributed by atoms with Crippen LogP contribution in [-0.2, 0) is 4.74 Å². The number of ether oxygens (including phenoxy) is 1. The molecule has 0 bridgehead atoms. The molecule has 3 rings (SSSR count). The summed E-state index contributed by atoms with van der Waals surface area (Å²) >= 11 is 0. The number of carbonyl (C=O) groups is 2. The predicted molar refractivity (Wildman–Crippen MR) is 105 cm³/mol. The maximum atomic E-state index is 12.9. The number of rotatable bonds is 3. The third-order valence-corrected chi connectivity index (χ3v) is 3.58. The Morgan fingerprint density at radius 3 is 2.61 bits per heavy atom. The van der Waals surface area contributed by atoms with Crippen LogP contribution in [0.15, 0.2) is 36.7 Å². The molecule has 28 heavy (non-hydrogen) atoms. The fourth-order valence-electron chi connectivity index (χ4n) is 2.52. The molecule has 0 aliphatic carbocycles. The van der Waals surface area contributed by atoms with E-state index in [0.717, 1.165) is 0 Å². The third kappa shape index (κ3) is 4.25. The number of hydrogen-bond acceptors (Lipinski definition) is 6. The summed E-state index contributed by atoms with van der Waals surface area (Å²) < 4.78 is 6.83. The summed E-state index contributed by atoms with van der Waals surface area (Å²) in [5.41, 5.74) is 0.717. The van der Waals surface area contributed by atoms with E-state index in [-0.39, 0.29) is 11.7 Å². The van der Waals surface area contributed by atoms with Gasteiger partial charge in [-0.15, -0.1) is 0 Å². The van der Waals surface area contributed by atoms with E-state index in [4.69, 9.17) is 4.74 Å². The summed E-state index contributed by atoms with van der Waals surface area (Å²) in [6.07, 6.45) is 2.63. The van der Waals surface area contributed by atoms with Gasteiger partial charge in [-0.3, -0.25) is 10.3 Å². The number of amides is 2. The molecule has 0 saturated heterocycles. The summed E-state index contributed by atoms with van der Waals surface area (Å²) in [7, 11) is 0. The van der Waals surface area contributed by atoms with E-state index in [1.54, 1.807) is 57.4 Å². The number of anilines is 1. The van der Waals surface area contributed by atoms with Crippen molar-refractivity contribution in [3.63, 3.8) is 0 Å². The fourth-order valence-corrected chi connectivity index (χ4v) is 2.52. The van der Waals surface area contributed by atoms with Gasteiger partial charge >= 0.3 is 12.1 Å². The maximum Gasteiger partial charge on any atom is 0.422 e. The summed E-state index contributed by atoms with van der Waals surface area (Å²) in [6, 6.07) is 6.47. The van der Waals surface area contributed by atoms with Gasteiger partial charge in [0.25, 0.3) is 0 Å². The van der Waals surface area contributed by atoms with E-state index in [1.807, 2.05) is 6.92 Å². The Morgan fingerprint density at radius 1 is 1.18 bits per heavy atom. The molecule has 2 amide bonds. The molecule has 2 N–H and O–H groups in total. The smallest absolute Gasteiger partial charge is 0.422 e. The van der Waals surface area contributed by atoms with Crippen LogP contribution >= 0.6 is 0 Å². The molecule has 0 aliphatic heterocycles. The van der Waals surface area contributed by atoms with Crippen LogP contribution in [0.3, 0.4) is 0 Å².